The van der Waals surface area contributed by atoms with Crippen molar-refractivity contribution in [3.8, 4) is 0 Å². The Morgan fingerprint density at radius 2 is 2.14 bits per heavy atom. The fourth-order valence-electron chi connectivity index (χ4n) is 3.13. The molecule has 1 aliphatic carbocycles. The van der Waals surface area contributed by atoms with Crippen LogP contribution < -0.4 is 11.1 Å². The molecule has 2 unspecified atom stereocenters. The number of carbonyl (C=O) groups is 1. The van der Waals surface area contributed by atoms with Gasteiger partial charge >= 0.3 is 0 Å². The standard InChI is InChI=1S/C17H21N3O/c18-15-8-2-7-14(15)17(21)20-11-9-13-5-1-4-12-6-3-10-19-16(12)13/h1,3-6,10,14-15H,2,7-9,11,18H2,(H,20,21). The van der Waals surface area contributed by atoms with Crippen LogP contribution in [0, 0.1) is 5.92 Å². The minimum Gasteiger partial charge on any atom is -0.355 e. The van der Waals surface area contributed by atoms with Crippen LogP contribution in [0.5, 0.6) is 0 Å². The van der Waals surface area contributed by atoms with Crippen molar-refractivity contribution in [3.63, 3.8) is 0 Å². The lowest BCUT2D eigenvalue weighted by Crippen LogP contribution is -2.39. The van der Waals surface area contributed by atoms with Crippen LogP contribution in [0.3, 0.4) is 0 Å². The number of carbonyl (C=O) groups excluding carboxylic acids is 1. The van der Waals surface area contributed by atoms with E-state index in [2.05, 4.69) is 28.5 Å². The molecule has 0 aliphatic heterocycles. The molecule has 1 saturated carbocycles. The largest absolute Gasteiger partial charge is 0.355 e. The number of pyridine rings is 1. The maximum absolute atomic E-state index is 12.1. The zero-order valence-electron chi connectivity index (χ0n) is 12.1. The molecule has 0 bridgehead atoms. The second kappa shape index (κ2) is 6.22. The number of hydrogen-bond donors (Lipinski definition) is 2. The maximum Gasteiger partial charge on any atom is 0.224 e. The number of nitrogens with one attached hydrogen (secondary N) is 1. The molecule has 1 heterocycles. The lowest BCUT2D eigenvalue weighted by molar-refractivity contribution is -0.125. The van der Waals surface area contributed by atoms with Gasteiger partial charge in [-0.3, -0.25) is 9.78 Å². The van der Waals surface area contributed by atoms with Gasteiger partial charge in [0, 0.05) is 24.2 Å². The van der Waals surface area contributed by atoms with Gasteiger partial charge in [0.25, 0.3) is 0 Å². The van der Waals surface area contributed by atoms with Gasteiger partial charge in [-0.15, -0.1) is 0 Å². The van der Waals surface area contributed by atoms with E-state index in [1.54, 1.807) is 0 Å². The first-order valence-corrected chi connectivity index (χ1v) is 7.61. The summed E-state index contributed by atoms with van der Waals surface area (Å²) < 4.78 is 0. The van der Waals surface area contributed by atoms with Crippen LogP contribution in [0.25, 0.3) is 10.9 Å². The zero-order valence-corrected chi connectivity index (χ0v) is 12.1. The first-order chi connectivity index (χ1) is 10.3. The lowest BCUT2D eigenvalue weighted by Gasteiger charge is -2.15. The van der Waals surface area contributed by atoms with E-state index >= 15 is 0 Å². The van der Waals surface area contributed by atoms with Crippen LogP contribution in [-0.4, -0.2) is 23.5 Å². The topological polar surface area (TPSA) is 68.0 Å². The Morgan fingerprint density at radius 1 is 1.29 bits per heavy atom. The third-order valence-corrected chi connectivity index (χ3v) is 4.32. The molecule has 21 heavy (non-hydrogen) atoms. The van der Waals surface area contributed by atoms with Gasteiger partial charge in [0.2, 0.25) is 5.91 Å². The molecule has 1 fully saturated rings. The van der Waals surface area contributed by atoms with Gasteiger partial charge in [-0.25, -0.2) is 0 Å². The highest BCUT2D eigenvalue weighted by molar-refractivity contribution is 5.82. The summed E-state index contributed by atoms with van der Waals surface area (Å²) in [5.74, 6) is 0.101. The summed E-state index contributed by atoms with van der Waals surface area (Å²) in [5.41, 5.74) is 8.16. The van der Waals surface area contributed by atoms with Gasteiger partial charge in [-0.1, -0.05) is 30.7 Å². The third kappa shape index (κ3) is 3.05. The van der Waals surface area contributed by atoms with Gasteiger partial charge < -0.3 is 11.1 Å². The Hall–Kier alpha value is -1.94. The Kier molecular flexibility index (Phi) is 4.15. The molecule has 4 heteroatoms. The van der Waals surface area contributed by atoms with Crippen LogP contribution in [0.4, 0.5) is 0 Å². The van der Waals surface area contributed by atoms with Crippen molar-refractivity contribution in [2.45, 2.75) is 31.7 Å². The van der Waals surface area contributed by atoms with E-state index < -0.39 is 0 Å². The molecule has 0 spiro atoms. The van der Waals surface area contributed by atoms with E-state index in [1.807, 2.05) is 18.3 Å². The molecule has 110 valence electrons. The van der Waals surface area contributed by atoms with Crippen molar-refractivity contribution < 1.29 is 4.79 Å². The van der Waals surface area contributed by atoms with Crippen LogP contribution in [-0.2, 0) is 11.2 Å². The van der Waals surface area contributed by atoms with E-state index in [0.29, 0.717) is 6.54 Å². The van der Waals surface area contributed by atoms with Crippen LogP contribution in [0.2, 0.25) is 0 Å². The van der Waals surface area contributed by atoms with Crippen molar-refractivity contribution >= 4 is 16.8 Å². The predicted octanol–water partition coefficient (Wildman–Crippen LogP) is 2.02. The number of aromatic nitrogens is 1. The molecular formula is C17H21N3O. The molecule has 3 rings (SSSR count). The van der Waals surface area contributed by atoms with Crippen molar-refractivity contribution in [3.05, 3.63) is 42.1 Å². The van der Waals surface area contributed by atoms with Gasteiger partial charge in [0.15, 0.2) is 0 Å². The van der Waals surface area contributed by atoms with Crippen molar-refractivity contribution in [1.29, 1.82) is 0 Å². The van der Waals surface area contributed by atoms with Crippen LogP contribution >= 0.6 is 0 Å². The molecule has 4 nitrogen and oxygen atoms in total. The highest BCUT2D eigenvalue weighted by Crippen LogP contribution is 2.24. The molecule has 0 saturated heterocycles. The number of fused-ring (bicyclic) bond motifs is 1. The predicted molar refractivity (Wildman–Crippen MR) is 83.8 cm³/mol. The second-order valence-electron chi connectivity index (χ2n) is 5.73. The molecule has 1 amide bonds. The third-order valence-electron chi connectivity index (χ3n) is 4.32. The summed E-state index contributed by atoms with van der Waals surface area (Å²) in [6.45, 7) is 0.637. The summed E-state index contributed by atoms with van der Waals surface area (Å²) in [6.07, 6.45) is 5.55. The van der Waals surface area contributed by atoms with Crippen LogP contribution in [0.15, 0.2) is 36.5 Å². The first-order valence-electron chi connectivity index (χ1n) is 7.61. The summed E-state index contributed by atoms with van der Waals surface area (Å²) in [7, 11) is 0. The zero-order chi connectivity index (χ0) is 14.7. The van der Waals surface area contributed by atoms with Gasteiger partial charge in [-0.2, -0.15) is 0 Å². The number of rotatable bonds is 4. The Balaban J connectivity index is 1.61. The summed E-state index contributed by atoms with van der Waals surface area (Å²) >= 11 is 0. The minimum atomic E-state index is -0.00403. The molecule has 1 aliphatic rings. The van der Waals surface area contributed by atoms with Gasteiger partial charge in [0.05, 0.1) is 11.4 Å². The molecule has 0 radical (unpaired) electrons. The average Bonchev–Trinajstić information content (AvgIpc) is 2.93. The maximum atomic E-state index is 12.1. The van der Waals surface area contributed by atoms with E-state index in [-0.39, 0.29) is 17.9 Å². The molecule has 1 aromatic heterocycles. The molecule has 3 N–H and O–H groups in total. The van der Waals surface area contributed by atoms with E-state index in [4.69, 9.17) is 5.73 Å². The minimum absolute atomic E-state index is 0.00403. The number of amides is 1. The van der Waals surface area contributed by atoms with Crippen molar-refractivity contribution in [2.75, 3.05) is 6.54 Å². The van der Waals surface area contributed by atoms with Gasteiger partial charge in [0.1, 0.15) is 0 Å². The number of para-hydroxylation sites is 1. The van der Waals surface area contributed by atoms with Gasteiger partial charge in [-0.05, 0) is 30.9 Å². The van der Waals surface area contributed by atoms with Crippen molar-refractivity contribution in [1.82, 2.24) is 10.3 Å². The second-order valence-corrected chi connectivity index (χ2v) is 5.73. The fraction of sp³-hybridized carbons (Fsp3) is 0.412. The average molecular weight is 283 g/mol. The smallest absolute Gasteiger partial charge is 0.224 e. The number of nitrogens with two attached hydrogens (primary N) is 1. The van der Waals surface area contributed by atoms with E-state index in [0.717, 1.165) is 36.6 Å². The Bertz CT molecular complexity index is 635. The summed E-state index contributed by atoms with van der Waals surface area (Å²) in [6, 6.07) is 10.2. The molecule has 1 aromatic carbocycles. The lowest BCUT2D eigenvalue weighted by atomic mass is 10.0. The normalized spacial score (nSPS) is 21.6. The number of benzene rings is 1. The molecule has 2 atom stereocenters. The Labute approximate surface area is 124 Å². The molecular weight excluding hydrogens is 262 g/mol. The van der Waals surface area contributed by atoms with E-state index in [9.17, 15) is 4.79 Å². The highest BCUT2D eigenvalue weighted by atomic mass is 16.1. The van der Waals surface area contributed by atoms with E-state index in [1.165, 1.54) is 5.56 Å². The SMILES string of the molecule is NC1CCCC1C(=O)NCCc1cccc2cccnc12. The number of hydrogen-bond acceptors (Lipinski definition) is 3. The number of nitrogens with zero attached hydrogens (tertiary/aromatic N) is 1. The highest BCUT2D eigenvalue weighted by Gasteiger charge is 2.29. The quantitative estimate of drug-likeness (QED) is 0.902. The fourth-order valence-corrected chi connectivity index (χ4v) is 3.13. The molecule has 2 aromatic rings. The summed E-state index contributed by atoms with van der Waals surface area (Å²) in [5, 5.41) is 4.16. The van der Waals surface area contributed by atoms with Crippen LogP contribution in [0.1, 0.15) is 24.8 Å². The summed E-state index contributed by atoms with van der Waals surface area (Å²) in [4.78, 5) is 16.5. The Morgan fingerprint density at radius 3 is 2.95 bits per heavy atom. The van der Waals surface area contributed by atoms with Crippen molar-refractivity contribution in [2.24, 2.45) is 11.7 Å². The first kappa shape index (κ1) is 14.0. The monoisotopic (exact) mass is 283 g/mol.